The molecule has 0 bridgehead atoms. The van der Waals surface area contributed by atoms with Crippen molar-refractivity contribution in [3.05, 3.63) is 35.4 Å². The highest BCUT2D eigenvalue weighted by Crippen LogP contribution is 2.40. The van der Waals surface area contributed by atoms with Gasteiger partial charge >= 0.3 is 6.03 Å². The maximum atomic E-state index is 12.7. The lowest BCUT2D eigenvalue weighted by molar-refractivity contribution is -0.139. The van der Waals surface area contributed by atoms with Crippen LogP contribution in [0.2, 0.25) is 0 Å². The van der Waals surface area contributed by atoms with Crippen molar-refractivity contribution in [3.63, 3.8) is 0 Å². The van der Waals surface area contributed by atoms with Crippen molar-refractivity contribution < 1.29 is 14.4 Å². The summed E-state index contributed by atoms with van der Waals surface area (Å²) in [7, 11) is 4.03. The van der Waals surface area contributed by atoms with E-state index in [1.807, 2.05) is 26.2 Å². The largest absolute Gasteiger partial charge is 0.336 e. The van der Waals surface area contributed by atoms with Gasteiger partial charge in [0.05, 0.1) is 6.04 Å². The zero-order valence-electron chi connectivity index (χ0n) is 17.0. The fourth-order valence-corrected chi connectivity index (χ4v) is 4.35. The lowest BCUT2D eigenvalue weighted by atomic mass is 9.71. The van der Waals surface area contributed by atoms with E-state index in [-0.39, 0.29) is 29.3 Å². The molecule has 28 heavy (non-hydrogen) atoms. The summed E-state index contributed by atoms with van der Waals surface area (Å²) in [6.07, 6.45) is 2.14. The minimum absolute atomic E-state index is 0.0816. The van der Waals surface area contributed by atoms with Crippen LogP contribution >= 0.6 is 0 Å². The molecule has 0 saturated carbocycles. The first-order valence-corrected chi connectivity index (χ1v) is 9.87. The van der Waals surface area contributed by atoms with E-state index in [0.29, 0.717) is 45.3 Å². The lowest BCUT2D eigenvalue weighted by Gasteiger charge is -2.43. The van der Waals surface area contributed by atoms with E-state index in [4.69, 9.17) is 0 Å². The second-order valence-corrected chi connectivity index (χ2v) is 8.33. The van der Waals surface area contributed by atoms with Crippen LogP contribution in [0.5, 0.6) is 0 Å². The third kappa shape index (κ3) is 4.52. The van der Waals surface area contributed by atoms with Gasteiger partial charge < -0.3 is 15.1 Å². The SMILES string of the molecule is Cc1ccccc1[C@@H](CNC(=O)N1CCC2(CC1)CC(=O)NC(=O)C2)N(C)C. The van der Waals surface area contributed by atoms with Crippen molar-refractivity contribution >= 4 is 17.8 Å². The quantitative estimate of drug-likeness (QED) is 0.774. The Kier molecular flexibility index (Phi) is 6.03. The van der Waals surface area contributed by atoms with E-state index in [2.05, 4.69) is 34.6 Å². The number of hydrogen-bond acceptors (Lipinski definition) is 4. The Labute approximate surface area is 166 Å². The van der Waals surface area contributed by atoms with Gasteiger partial charge in [-0.1, -0.05) is 24.3 Å². The number of aryl methyl sites for hydroxylation is 1. The molecule has 2 heterocycles. The van der Waals surface area contributed by atoms with E-state index >= 15 is 0 Å². The number of nitrogens with zero attached hydrogens (tertiary/aromatic N) is 2. The van der Waals surface area contributed by atoms with Gasteiger partial charge in [-0.2, -0.15) is 0 Å². The summed E-state index contributed by atoms with van der Waals surface area (Å²) >= 11 is 0. The number of imide groups is 1. The molecule has 2 aliphatic heterocycles. The Balaban J connectivity index is 1.56. The molecule has 2 N–H and O–H groups in total. The van der Waals surface area contributed by atoms with Crippen LogP contribution in [0.1, 0.15) is 42.9 Å². The van der Waals surface area contributed by atoms with Gasteiger partial charge in [-0.15, -0.1) is 0 Å². The summed E-state index contributed by atoms with van der Waals surface area (Å²) in [5, 5.41) is 5.44. The zero-order valence-corrected chi connectivity index (χ0v) is 17.0. The molecular weight excluding hydrogens is 356 g/mol. The van der Waals surface area contributed by atoms with Crippen LogP contribution in [0.15, 0.2) is 24.3 Å². The molecule has 1 aromatic carbocycles. The summed E-state index contributed by atoms with van der Waals surface area (Å²) in [6.45, 7) is 3.76. The standard InChI is InChI=1S/C21H30N4O3/c1-15-6-4-5-7-16(15)17(24(2)3)14-22-20(28)25-10-8-21(9-11-25)12-18(26)23-19(27)13-21/h4-7,17H,8-14H2,1-3H3,(H,22,28)(H,23,26,27)/t17-/m1/s1. The highest BCUT2D eigenvalue weighted by Gasteiger charge is 2.42. The van der Waals surface area contributed by atoms with Gasteiger partial charge in [0.2, 0.25) is 11.8 Å². The molecule has 0 unspecified atom stereocenters. The average Bonchev–Trinajstić information content (AvgIpc) is 2.62. The van der Waals surface area contributed by atoms with Crippen molar-refractivity contribution in [3.8, 4) is 0 Å². The van der Waals surface area contributed by atoms with E-state index in [1.165, 1.54) is 11.1 Å². The molecule has 1 aromatic rings. The fraction of sp³-hybridized carbons (Fsp3) is 0.571. The van der Waals surface area contributed by atoms with Gasteiger partial charge in [-0.25, -0.2) is 4.79 Å². The third-order valence-corrected chi connectivity index (χ3v) is 6.08. The van der Waals surface area contributed by atoms with Gasteiger partial charge in [0.1, 0.15) is 0 Å². The van der Waals surface area contributed by atoms with Crippen molar-refractivity contribution in [1.29, 1.82) is 0 Å². The molecule has 0 radical (unpaired) electrons. The number of hydrogen-bond donors (Lipinski definition) is 2. The number of carbonyl (C=O) groups excluding carboxylic acids is 3. The van der Waals surface area contributed by atoms with Crippen LogP contribution in [-0.2, 0) is 9.59 Å². The second-order valence-electron chi connectivity index (χ2n) is 8.33. The van der Waals surface area contributed by atoms with Crippen LogP contribution in [0.25, 0.3) is 0 Å². The number of benzene rings is 1. The van der Waals surface area contributed by atoms with Crippen LogP contribution in [0.4, 0.5) is 4.79 Å². The Morgan fingerprint density at radius 1 is 1.18 bits per heavy atom. The molecule has 7 nitrogen and oxygen atoms in total. The maximum absolute atomic E-state index is 12.7. The first-order valence-electron chi connectivity index (χ1n) is 9.87. The minimum Gasteiger partial charge on any atom is -0.336 e. The van der Waals surface area contributed by atoms with Gasteiger partial charge in [0.15, 0.2) is 0 Å². The number of piperidine rings is 2. The monoisotopic (exact) mass is 386 g/mol. The van der Waals surface area contributed by atoms with Gasteiger partial charge in [0, 0.05) is 32.5 Å². The zero-order chi connectivity index (χ0) is 20.3. The minimum atomic E-state index is -0.274. The van der Waals surface area contributed by atoms with E-state index in [1.54, 1.807) is 4.90 Å². The van der Waals surface area contributed by atoms with Crippen molar-refractivity contribution in [1.82, 2.24) is 20.4 Å². The molecule has 7 heteroatoms. The first-order chi connectivity index (χ1) is 13.3. The topological polar surface area (TPSA) is 81.8 Å². The second kappa shape index (κ2) is 8.31. The summed E-state index contributed by atoms with van der Waals surface area (Å²) in [4.78, 5) is 40.1. The Morgan fingerprint density at radius 3 is 2.36 bits per heavy atom. The van der Waals surface area contributed by atoms with Crippen molar-refractivity contribution in [2.24, 2.45) is 5.41 Å². The van der Waals surface area contributed by atoms with Crippen molar-refractivity contribution in [2.45, 2.75) is 38.6 Å². The van der Waals surface area contributed by atoms with Gasteiger partial charge in [-0.3, -0.25) is 14.9 Å². The molecule has 4 amide bonds. The third-order valence-electron chi connectivity index (χ3n) is 6.08. The van der Waals surface area contributed by atoms with Crippen LogP contribution in [-0.4, -0.2) is 61.4 Å². The number of carbonyl (C=O) groups is 3. The molecule has 2 aliphatic rings. The molecule has 1 spiro atoms. The smallest absolute Gasteiger partial charge is 0.317 e. The summed E-state index contributed by atoms with van der Waals surface area (Å²) in [5.41, 5.74) is 2.14. The normalized spacial score (nSPS) is 20.2. The van der Waals surface area contributed by atoms with E-state index < -0.39 is 0 Å². The van der Waals surface area contributed by atoms with Crippen LogP contribution in [0.3, 0.4) is 0 Å². The van der Waals surface area contributed by atoms with E-state index in [9.17, 15) is 14.4 Å². The maximum Gasteiger partial charge on any atom is 0.317 e. The van der Waals surface area contributed by atoms with Gasteiger partial charge in [0.25, 0.3) is 0 Å². The lowest BCUT2D eigenvalue weighted by Crippen LogP contribution is -2.53. The number of amides is 4. The molecule has 3 rings (SSSR count). The van der Waals surface area contributed by atoms with Crippen molar-refractivity contribution in [2.75, 3.05) is 33.7 Å². The Hall–Kier alpha value is -2.41. The first kappa shape index (κ1) is 20.3. The van der Waals surface area contributed by atoms with Gasteiger partial charge in [-0.05, 0) is 50.4 Å². The Bertz CT molecular complexity index is 736. The summed E-state index contributed by atoms with van der Waals surface area (Å²) in [5.74, 6) is -0.387. The van der Waals surface area contributed by atoms with E-state index in [0.717, 1.165) is 0 Å². The molecule has 152 valence electrons. The molecule has 0 aromatic heterocycles. The van der Waals surface area contributed by atoms with Crippen LogP contribution in [0, 0.1) is 12.3 Å². The molecule has 2 fully saturated rings. The molecule has 0 aliphatic carbocycles. The average molecular weight is 386 g/mol. The molecule has 2 saturated heterocycles. The number of urea groups is 1. The molecular formula is C21H30N4O3. The molecule has 1 atom stereocenters. The predicted octanol–water partition coefficient (Wildman–Crippen LogP) is 1.83. The fourth-order valence-electron chi connectivity index (χ4n) is 4.35. The number of nitrogens with one attached hydrogen (secondary N) is 2. The van der Waals surface area contributed by atoms with Crippen LogP contribution < -0.4 is 10.6 Å². The Morgan fingerprint density at radius 2 is 1.79 bits per heavy atom. The summed E-state index contributed by atoms with van der Waals surface area (Å²) < 4.78 is 0. The highest BCUT2D eigenvalue weighted by molar-refractivity contribution is 5.98. The number of likely N-dealkylation sites (tertiary alicyclic amines) is 1. The highest BCUT2D eigenvalue weighted by atomic mass is 16.2. The number of likely N-dealkylation sites (N-methyl/N-ethyl adjacent to an activating group) is 1. The number of rotatable bonds is 4. The predicted molar refractivity (Wildman–Crippen MR) is 107 cm³/mol. The summed E-state index contributed by atoms with van der Waals surface area (Å²) in [6, 6.07) is 8.24.